The van der Waals surface area contributed by atoms with Gasteiger partial charge in [-0.2, -0.15) is 0 Å². The van der Waals surface area contributed by atoms with Crippen molar-refractivity contribution >= 4 is 11.0 Å². The summed E-state index contributed by atoms with van der Waals surface area (Å²) in [5.41, 5.74) is 1.66. The largest absolute Gasteiger partial charge is 0.343 e. The Labute approximate surface area is 75.2 Å². The summed E-state index contributed by atoms with van der Waals surface area (Å²) < 4.78 is 1.59. The van der Waals surface area contributed by atoms with Crippen molar-refractivity contribution in [1.29, 1.82) is 0 Å². The van der Waals surface area contributed by atoms with Crippen LogP contribution in [0.1, 0.15) is 12.6 Å². The van der Waals surface area contributed by atoms with Crippen LogP contribution in [-0.2, 0) is 6.54 Å². The molecular weight excluding hydrogens is 166 g/mol. The molecule has 0 aliphatic rings. The number of H-pyrrole nitrogens is 1. The highest BCUT2D eigenvalue weighted by atomic mass is 16.1. The van der Waals surface area contributed by atoms with E-state index < -0.39 is 0 Å². The van der Waals surface area contributed by atoms with Gasteiger partial charge in [0.05, 0.1) is 11.7 Å². The molecule has 0 aliphatic heterocycles. The third-order valence-corrected chi connectivity index (χ3v) is 2.09. The minimum atomic E-state index is 0.0249. The van der Waals surface area contributed by atoms with Gasteiger partial charge in [0.1, 0.15) is 5.65 Å². The first kappa shape index (κ1) is 8.04. The smallest absolute Gasteiger partial charge is 0.262 e. The number of fused-ring (bicyclic) bond motifs is 1. The summed E-state index contributed by atoms with van der Waals surface area (Å²) in [6.07, 6.45) is 1.57. The standard InChI is InChI=1S/C9H11N3O/c1-3-12-5-10-8-7(9(12)13)4-6(2)11-8/h4-5,11H,3H2,1-2H3. The zero-order chi connectivity index (χ0) is 9.42. The molecule has 1 N–H and O–H groups in total. The van der Waals surface area contributed by atoms with E-state index in [1.165, 1.54) is 0 Å². The Morgan fingerprint density at radius 1 is 1.62 bits per heavy atom. The molecule has 0 atom stereocenters. The topological polar surface area (TPSA) is 50.7 Å². The van der Waals surface area contributed by atoms with Gasteiger partial charge < -0.3 is 4.98 Å². The lowest BCUT2D eigenvalue weighted by Gasteiger charge is -1.98. The van der Waals surface area contributed by atoms with E-state index >= 15 is 0 Å². The van der Waals surface area contributed by atoms with Crippen molar-refractivity contribution in [2.24, 2.45) is 0 Å². The molecule has 0 saturated carbocycles. The van der Waals surface area contributed by atoms with Crippen LogP contribution in [0.15, 0.2) is 17.2 Å². The maximum absolute atomic E-state index is 11.7. The lowest BCUT2D eigenvalue weighted by Crippen LogP contribution is -2.18. The first-order valence-corrected chi connectivity index (χ1v) is 4.27. The van der Waals surface area contributed by atoms with Crippen molar-refractivity contribution in [2.45, 2.75) is 20.4 Å². The quantitative estimate of drug-likeness (QED) is 0.707. The molecule has 0 radical (unpaired) electrons. The molecule has 0 aromatic carbocycles. The van der Waals surface area contributed by atoms with Crippen LogP contribution in [0.25, 0.3) is 11.0 Å². The van der Waals surface area contributed by atoms with Crippen molar-refractivity contribution < 1.29 is 0 Å². The molecule has 2 rings (SSSR count). The Kier molecular flexibility index (Phi) is 1.69. The number of aryl methyl sites for hydroxylation is 2. The second-order valence-electron chi connectivity index (χ2n) is 3.05. The van der Waals surface area contributed by atoms with E-state index in [2.05, 4.69) is 9.97 Å². The van der Waals surface area contributed by atoms with Gasteiger partial charge in [0, 0.05) is 12.2 Å². The fourth-order valence-electron chi connectivity index (χ4n) is 1.40. The summed E-state index contributed by atoms with van der Waals surface area (Å²) >= 11 is 0. The number of hydrogen-bond donors (Lipinski definition) is 1. The zero-order valence-corrected chi connectivity index (χ0v) is 7.66. The van der Waals surface area contributed by atoms with Gasteiger partial charge >= 0.3 is 0 Å². The Hall–Kier alpha value is -1.58. The van der Waals surface area contributed by atoms with Crippen LogP contribution in [0, 0.1) is 6.92 Å². The molecule has 2 aromatic rings. The van der Waals surface area contributed by atoms with Crippen LogP contribution < -0.4 is 5.56 Å². The Morgan fingerprint density at radius 3 is 3.08 bits per heavy atom. The molecule has 2 aromatic heterocycles. The summed E-state index contributed by atoms with van der Waals surface area (Å²) in [5.74, 6) is 0. The van der Waals surface area contributed by atoms with Crippen LogP contribution in [0.4, 0.5) is 0 Å². The highest BCUT2D eigenvalue weighted by Crippen LogP contribution is 2.06. The van der Waals surface area contributed by atoms with Crippen LogP contribution in [0.2, 0.25) is 0 Å². The van der Waals surface area contributed by atoms with Gasteiger partial charge in [0.25, 0.3) is 5.56 Å². The molecular formula is C9H11N3O. The number of rotatable bonds is 1. The number of aromatic amines is 1. The number of hydrogen-bond acceptors (Lipinski definition) is 2. The maximum Gasteiger partial charge on any atom is 0.262 e. The first-order valence-electron chi connectivity index (χ1n) is 4.27. The van der Waals surface area contributed by atoms with E-state index in [1.54, 1.807) is 10.9 Å². The molecule has 13 heavy (non-hydrogen) atoms. The summed E-state index contributed by atoms with van der Waals surface area (Å²) in [7, 11) is 0. The monoisotopic (exact) mass is 177 g/mol. The van der Waals surface area contributed by atoms with Gasteiger partial charge in [-0.1, -0.05) is 0 Å². The van der Waals surface area contributed by atoms with E-state index in [0.29, 0.717) is 17.6 Å². The van der Waals surface area contributed by atoms with Gasteiger partial charge in [-0.25, -0.2) is 4.98 Å². The predicted octanol–water partition coefficient (Wildman–Crippen LogP) is 1.05. The van der Waals surface area contributed by atoms with Crippen LogP contribution in [0.3, 0.4) is 0 Å². The van der Waals surface area contributed by atoms with Gasteiger partial charge in [0.2, 0.25) is 0 Å². The van der Waals surface area contributed by atoms with E-state index in [-0.39, 0.29) is 5.56 Å². The lowest BCUT2D eigenvalue weighted by atomic mass is 10.4. The third kappa shape index (κ3) is 1.14. The summed E-state index contributed by atoms with van der Waals surface area (Å²) in [6.45, 7) is 4.50. The van der Waals surface area contributed by atoms with Gasteiger partial charge in [-0.05, 0) is 19.9 Å². The first-order chi connectivity index (χ1) is 6.22. The average molecular weight is 177 g/mol. The molecule has 0 fully saturated rings. The van der Waals surface area contributed by atoms with E-state index in [1.807, 2.05) is 19.9 Å². The number of aromatic nitrogens is 3. The second-order valence-corrected chi connectivity index (χ2v) is 3.05. The van der Waals surface area contributed by atoms with Crippen LogP contribution in [-0.4, -0.2) is 14.5 Å². The molecule has 4 heteroatoms. The van der Waals surface area contributed by atoms with E-state index in [4.69, 9.17) is 0 Å². The molecule has 0 unspecified atom stereocenters. The van der Waals surface area contributed by atoms with Gasteiger partial charge in [0.15, 0.2) is 0 Å². The number of nitrogens with one attached hydrogen (secondary N) is 1. The molecule has 0 amide bonds. The average Bonchev–Trinajstić information content (AvgIpc) is 2.47. The highest BCUT2D eigenvalue weighted by molar-refractivity contribution is 5.74. The SMILES string of the molecule is CCn1cnc2[nH]c(C)cc2c1=O. The zero-order valence-electron chi connectivity index (χ0n) is 7.66. The molecule has 68 valence electrons. The molecule has 0 saturated heterocycles. The van der Waals surface area contributed by atoms with Crippen molar-refractivity contribution in [3.8, 4) is 0 Å². The van der Waals surface area contributed by atoms with Crippen LogP contribution in [0.5, 0.6) is 0 Å². The van der Waals surface area contributed by atoms with E-state index in [9.17, 15) is 4.79 Å². The molecule has 4 nitrogen and oxygen atoms in total. The highest BCUT2D eigenvalue weighted by Gasteiger charge is 2.04. The molecule has 0 spiro atoms. The summed E-state index contributed by atoms with van der Waals surface area (Å²) in [6, 6.07) is 1.83. The van der Waals surface area contributed by atoms with Crippen molar-refractivity contribution in [3.63, 3.8) is 0 Å². The fraction of sp³-hybridized carbons (Fsp3) is 0.333. The van der Waals surface area contributed by atoms with Crippen LogP contribution >= 0.6 is 0 Å². The third-order valence-electron chi connectivity index (χ3n) is 2.09. The molecule has 0 bridgehead atoms. The van der Waals surface area contributed by atoms with Crippen molar-refractivity contribution in [1.82, 2.24) is 14.5 Å². The maximum atomic E-state index is 11.7. The Morgan fingerprint density at radius 2 is 2.38 bits per heavy atom. The lowest BCUT2D eigenvalue weighted by molar-refractivity contribution is 0.717. The normalized spacial score (nSPS) is 10.9. The second kappa shape index (κ2) is 2.73. The van der Waals surface area contributed by atoms with E-state index in [0.717, 1.165) is 5.69 Å². The number of nitrogens with zero attached hydrogens (tertiary/aromatic N) is 2. The summed E-state index contributed by atoms with van der Waals surface area (Å²) in [4.78, 5) is 18.8. The Bertz CT molecular complexity index is 495. The van der Waals surface area contributed by atoms with Crippen molar-refractivity contribution in [2.75, 3.05) is 0 Å². The fourth-order valence-corrected chi connectivity index (χ4v) is 1.40. The minimum absolute atomic E-state index is 0.0249. The van der Waals surface area contributed by atoms with Gasteiger partial charge in [-0.15, -0.1) is 0 Å². The minimum Gasteiger partial charge on any atom is -0.343 e. The molecule has 0 aliphatic carbocycles. The van der Waals surface area contributed by atoms with Gasteiger partial charge in [-0.3, -0.25) is 9.36 Å². The summed E-state index contributed by atoms with van der Waals surface area (Å²) in [5, 5.41) is 0.668. The molecule has 2 heterocycles. The Balaban J connectivity index is 2.86. The van der Waals surface area contributed by atoms with Crippen molar-refractivity contribution in [3.05, 3.63) is 28.4 Å². The predicted molar refractivity (Wildman–Crippen MR) is 50.8 cm³/mol.